The zero-order valence-electron chi connectivity index (χ0n) is 9.14. The van der Waals surface area contributed by atoms with Gasteiger partial charge in [0, 0.05) is 12.1 Å². The topological polar surface area (TPSA) is 65.3 Å². The van der Waals surface area contributed by atoms with Crippen molar-refractivity contribution in [3.05, 3.63) is 57.2 Å². The van der Waals surface area contributed by atoms with Crippen LogP contribution in [0, 0.1) is 21.7 Å². The number of hydrogen-bond donors (Lipinski definition) is 0. The minimum Gasteiger partial charge on any atom is -0.436 e. The van der Waals surface area contributed by atoms with Gasteiger partial charge in [0.15, 0.2) is 11.6 Å². The highest BCUT2D eigenvalue weighted by molar-refractivity contribution is 6.29. The van der Waals surface area contributed by atoms with Crippen molar-refractivity contribution < 1.29 is 18.4 Å². The summed E-state index contributed by atoms with van der Waals surface area (Å²) in [7, 11) is 0. The first-order valence-electron chi connectivity index (χ1n) is 4.91. The predicted octanol–water partition coefficient (Wildman–Crippen LogP) is 3.71. The Morgan fingerprint density at radius 2 is 2.00 bits per heavy atom. The molecule has 0 aliphatic heterocycles. The summed E-state index contributed by atoms with van der Waals surface area (Å²) in [5.74, 6) is -2.85. The van der Waals surface area contributed by atoms with Crippen molar-refractivity contribution in [2.24, 2.45) is 0 Å². The van der Waals surface area contributed by atoms with Crippen molar-refractivity contribution in [3.8, 4) is 11.6 Å². The van der Waals surface area contributed by atoms with Crippen LogP contribution in [0.25, 0.3) is 0 Å². The summed E-state index contributed by atoms with van der Waals surface area (Å²) in [5.41, 5.74) is -0.969. The number of hydrogen-bond acceptors (Lipinski definition) is 4. The molecule has 0 aliphatic rings. The van der Waals surface area contributed by atoms with Gasteiger partial charge in [-0.1, -0.05) is 17.7 Å². The summed E-state index contributed by atoms with van der Waals surface area (Å²) in [6, 6.07) is 5.38. The van der Waals surface area contributed by atoms with E-state index in [-0.39, 0.29) is 11.0 Å². The smallest absolute Gasteiger partial charge is 0.307 e. The van der Waals surface area contributed by atoms with E-state index in [1.807, 2.05) is 0 Å². The van der Waals surface area contributed by atoms with Gasteiger partial charge in [-0.3, -0.25) is 10.1 Å². The Labute approximate surface area is 110 Å². The van der Waals surface area contributed by atoms with E-state index in [1.165, 1.54) is 18.2 Å². The maximum absolute atomic E-state index is 13.5. The van der Waals surface area contributed by atoms with Crippen LogP contribution in [0.2, 0.25) is 5.15 Å². The second-order valence-corrected chi connectivity index (χ2v) is 3.78. The predicted molar refractivity (Wildman–Crippen MR) is 62.3 cm³/mol. The minimum absolute atomic E-state index is 0.0559. The first-order chi connectivity index (χ1) is 8.97. The van der Waals surface area contributed by atoms with Gasteiger partial charge in [0.2, 0.25) is 11.7 Å². The Morgan fingerprint density at radius 3 is 2.63 bits per heavy atom. The highest BCUT2D eigenvalue weighted by Crippen LogP contribution is 2.29. The lowest BCUT2D eigenvalue weighted by atomic mass is 10.3. The van der Waals surface area contributed by atoms with E-state index in [0.717, 1.165) is 0 Å². The average molecular weight is 287 g/mol. The third kappa shape index (κ3) is 2.94. The number of nitro benzene ring substituents is 1. The van der Waals surface area contributed by atoms with Gasteiger partial charge in [-0.25, -0.2) is 9.37 Å². The highest BCUT2D eigenvalue weighted by Gasteiger charge is 2.19. The van der Waals surface area contributed by atoms with Crippen LogP contribution >= 0.6 is 11.6 Å². The van der Waals surface area contributed by atoms with Crippen molar-refractivity contribution in [1.29, 1.82) is 0 Å². The van der Waals surface area contributed by atoms with Crippen LogP contribution in [0.1, 0.15) is 0 Å². The van der Waals surface area contributed by atoms with E-state index in [0.29, 0.717) is 12.1 Å². The molecule has 0 fully saturated rings. The SMILES string of the molecule is O=[N+]([O-])c1cc(F)c(Oc2cccc(Cl)n2)cc1F. The molecule has 0 unspecified atom stereocenters. The van der Waals surface area contributed by atoms with E-state index in [2.05, 4.69) is 4.98 Å². The molecule has 19 heavy (non-hydrogen) atoms. The number of aromatic nitrogens is 1. The second kappa shape index (κ2) is 5.15. The summed E-state index contributed by atoms with van der Waals surface area (Å²) in [6.07, 6.45) is 0. The van der Waals surface area contributed by atoms with Crippen LogP contribution in [-0.2, 0) is 0 Å². The number of nitrogens with zero attached hydrogens (tertiary/aromatic N) is 2. The first-order valence-corrected chi connectivity index (χ1v) is 5.29. The minimum atomic E-state index is -1.21. The third-order valence-corrected chi connectivity index (χ3v) is 2.31. The second-order valence-electron chi connectivity index (χ2n) is 3.39. The van der Waals surface area contributed by atoms with Gasteiger partial charge in [-0.05, 0) is 6.07 Å². The van der Waals surface area contributed by atoms with Crippen LogP contribution in [0.5, 0.6) is 11.6 Å². The van der Waals surface area contributed by atoms with Gasteiger partial charge >= 0.3 is 5.69 Å². The van der Waals surface area contributed by atoms with Crippen LogP contribution in [-0.4, -0.2) is 9.91 Å². The van der Waals surface area contributed by atoms with Crippen molar-refractivity contribution in [2.45, 2.75) is 0 Å². The molecule has 0 saturated carbocycles. The van der Waals surface area contributed by atoms with Crippen molar-refractivity contribution in [1.82, 2.24) is 4.98 Å². The largest absolute Gasteiger partial charge is 0.436 e. The van der Waals surface area contributed by atoms with Crippen molar-refractivity contribution >= 4 is 17.3 Å². The highest BCUT2D eigenvalue weighted by atomic mass is 35.5. The fraction of sp³-hybridized carbons (Fsp3) is 0. The van der Waals surface area contributed by atoms with E-state index >= 15 is 0 Å². The molecule has 1 aromatic carbocycles. The summed E-state index contributed by atoms with van der Waals surface area (Å²) < 4.78 is 31.8. The summed E-state index contributed by atoms with van der Waals surface area (Å²) in [6.45, 7) is 0. The molecule has 0 bridgehead atoms. The van der Waals surface area contributed by atoms with E-state index < -0.39 is 28.0 Å². The number of pyridine rings is 1. The Balaban J connectivity index is 2.36. The molecule has 2 aromatic rings. The van der Waals surface area contributed by atoms with Gasteiger partial charge < -0.3 is 4.74 Å². The summed E-state index contributed by atoms with van der Waals surface area (Å²) >= 11 is 5.60. The van der Waals surface area contributed by atoms with Crippen LogP contribution < -0.4 is 4.74 Å². The molecule has 5 nitrogen and oxygen atoms in total. The number of halogens is 3. The molecule has 1 heterocycles. The van der Waals surface area contributed by atoms with E-state index in [1.54, 1.807) is 0 Å². The molecule has 1 aromatic heterocycles. The molecular formula is C11H5ClF2N2O3. The maximum atomic E-state index is 13.5. The molecule has 0 atom stereocenters. The Morgan fingerprint density at radius 1 is 1.26 bits per heavy atom. The number of nitro groups is 1. The quantitative estimate of drug-likeness (QED) is 0.490. The summed E-state index contributed by atoms with van der Waals surface area (Å²) in [5, 5.41) is 10.5. The molecule has 0 radical (unpaired) electrons. The lowest BCUT2D eigenvalue weighted by Gasteiger charge is -2.06. The standard InChI is InChI=1S/C11H5ClF2N2O3/c12-10-2-1-3-11(15-10)19-9-5-6(13)8(16(17)18)4-7(9)14/h1-5H. The Kier molecular flexibility index (Phi) is 3.57. The number of benzene rings is 1. The molecule has 2 rings (SSSR count). The van der Waals surface area contributed by atoms with Gasteiger partial charge in [0.25, 0.3) is 0 Å². The molecule has 0 aliphatic carbocycles. The first kappa shape index (κ1) is 13.2. The molecule has 0 spiro atoms. The third-order valence-electron chi connectivity index (χ3n) is 2.10. The van der Waals surface area contributed by atoms with Crippen molar-refractivity contribution in [2.75, 3.05) is 0 Å². The fourth-order valence-corrected chi connectivity index (χ4v) is 1.45. The molecule has 0 saturated heterocycles. The van der Waals surface area contributed by atoms with Crippen LogP contribution in [0.4, 0.5) is 14.5 Å². The van der Waals surface area contributed by atoms with Crippen LogP contribution in [0.15, 0.2) is 30.3 Å². The van der Waals surface area contributed by atoms with Gasteiger partial charge in [0.1, 0.15) is 5.15 Å². The molecule has 8 heteroatoms. The molecule has 0 amide bonds. The fourth-order valence-electron chi connectivity index (χ4n) is 1.30. The lowest BCUT2D eigenvalue weighted by Crippen LogP contribution is -1.97. The van der Waals surface area contributed by atoms with Gasteiger partial charge in [-0.15, -0.1) is 0 Å². The van der Waals surface area contributed by atoms with E-state index in [4.69, 9.17) is 16.3 Å². The zero-order chi connectivity index (χ0) is 14.0. The Hall–Kier alpha value is -2.28. The van der Waals surface area contributed by atoms with Crippen molar-refractivity contribution in [3.63, 3.8) is 0 Å². The lowest BCUT2D eigenvalue weighted by molar-refractivity contribution is -0.387. The Bertz CT molecular complexity index is 652. The average Bonchev–Trinajstić information content (AvgIpc) is 2.33. The van der Waals surface area contributed by atoms with Gasteiger partial charge in [0.05, 0.1) is 11.0 Å². The monoisotopic (exact) mass is 286 g/mol. The molecular weight excluding hydrogens is 282 g/mol. The van der Waals surface area contributed by atoms with E-state index in [9.17, 15) is 18.9 Å². The zero-order valence-corrected chi connectivity index (χ0v) is 9.90. The maximum Gasteiger partial charge on any atom is 0.307 e. The molecule has 98 valence electrons. The molecule has 0 N–H and O–H groups in total. The summed E-state index contributed by atoms with van der Waals surface area (Å²) in [4.78, 5) is 13.1. The van der Waals surface area contributed by atoms with Crippen LogP contribution in [0.3, 0.4) is 0 Å². The number of rotatable bonds is 3. The normalized spacial score (nSPS) is 10.3. The number of ether oxygens (including phenoxy) is 1. The van der Waals surface area contributed by atoms with Gasteiger partial charge in [-0.2, -0.15) is 4.39 Å².